The van der Waals surface area contributed by atoms with Gasteiger partial charge in [0, 0.05) is 18.5 Å². The van der Waals surface area contributed by atoms with E-state index in [4.69, 9.17) is 37.8 Å². The van der Waals surface area contributed by atoms with E-state index in [-0.39, 0.29) is 56.4 Å². The lowest BCUT2D eigenvalue weighted by atomic mass is 10.0. The molecule has 1 aromatic heterocycles. The Morgan fingerprint density at radius 1 is 0.822 bits per heavy atom. The third kappa shape index (κ3) is 11.0. The molecule has 240 valence electrons. The van der Waals surface area contributed by atoms with Crippen molar-refractivity contribution in [2.75, 3.05) is 13.1 Å². The number of nitrogens with one attached hydrogen (secondary N) is 2. The fraction of sp³-hybridized carbons (Fsp3) is 0.333. The fourth-order valence-electron chi connectivity index (χ4n) is 4.30. The van der Waals surface area contributed by atoms with Crippen LogP contribution in [0.4, 0.5) is 0 Å². The Bertz CT molecular complexity index is 1570. The maximum atomic E-state index is 13.7. The smallest absolute Gasteiger partial charge is 0.342 e. The van der Waals surface area contributed by atoms with Gasteiger partial charge in [0.1, 0.15) is 18.2 Å². The Balaban J connectivity index is 1.85. The highest BCUT2D eigenvalue weighted by Gasteiger charge is 2.32. The molecule has 0 spiro atoms. The summed E-state index contributed by atoms with van der Waals surface area (Å²) in [5, 5.41) is 5.72. The van der Waals surface area contributed by atoms with Crippen molar-refractivity contribution in [1.29, 1.82) is 0 Å². The lowest BCUT2D eigenvalue weighted by Crippen LogP contribution is -2.53. The van der Waals surface area contributed by atoms with Gasteiger partial charge >= 0.3 is 11.6 Å². The molecular weight excluding hydrogens is 582 g/mol. The van der Waals surface area contributed by atoms with Crippen LogP contribution in [-0.4, -0.2) is 54.9 Å². The molecule has 0 saturated carbocycles. The molecule has 3 aromatic rings. The van der Waals surface area contributed by atoms with E-state index in [1.54, 1.807) is 48.5 Å². The molecule has 0 aliphatic rings. The lowest BCUT2D eigenvalue weighted by Gasteiger charge is -2.23. The van der Waals surface area contributed by atoms with E-state index in [2.05, 4.69) is 20.6 Å². The van der Waals surface area contributed by atoms with E-state index in [0.29, 0.717) is 23.0 Å². The standard InChI is InChI=1S/C30H39N9O6/c31-21(11-6-14-36-29(32)33)25(40)38-22(12-7-15-37-30(34)35)26(41)39-24(28(43)44-17-18-8-2-1-3-9-18)20-16-19-10-4-5-13-23(19)45-27(20)42/h1-5,8-10,13,16,21-22,24H,6-7,11-12,14-15,17,31H2,(H,38,40)(H,39,41)(H4,32,33,36)(H4,34,35,37)/t21-,22-,24?/m0/s1. The molecule has 0 saturated heterocycles. The summed E-state index contributed by atoms with van der Waals surface area (Å²) in [4.78, 5) is 60.8. The first-order valence-corrected chi connectivity index (χ1v) is 14.3. The third-order valence-corrected chi connectivity index (χ3v) is 6.61. The van der Waals surface area contributed by atoms with Gasteiger partial charge in [0.05, 0.1) is 11.6 Å². The van der Waals surface area contributed by atoms with Crippen LogP contribution in [0.5, 0.6) is 0 Å². The van der Waals surface area contributed by atoms with Gasteiger partial charge in [0.2, 0.25) is 11.8 Å². The van der Waals surface area contributed by atoms with Crippen LogP contribution in [0.3, 0.4) is 0 Å². The van der Waals surface area contributed by atoms with E-state index in [1.807, 2.05) is 6.07 Å². The van der Waals surface area contributed by atoms with Gasteiger partial charge in [-0.05, 0) is 43.4 Å². The molecule has 1 unspecified atom stereocenters. The van der Waals surface area contributed by atoms with Crippen molar-refractivity contribution in [2.24, 2.45) is 38.7 Å². The fourth-order valence-corrected chi connectivity index (χ4v) is 4.30. The molecule has 3 atom stereocenters. The first kappa shape index (κ1) is 34.1. The highest BCUT2D eigenvalue weighted by molar-refractivity contribution is 5.92. The van der Waals surface area contributed by atoms with Crippen LogP contribution in [-0.2, 0) is 25.7 Å². The summed E-state index contributed by atoms with van der Waals surface area (Å²) in [5.74, 6) is -2.50. The number of hydrogen-bond acceptors (Lipinski definition) is 9. The minimum Gasteiger partial charge on any atom is -0.459 e. The lowest BCUT2D eigenvalue weighted by molar-refractivity contribution is -0.149. The monoisotopic (exact) mass is 621 g/mol. The maximum Gasteiger partial charge on any atom is 0.342 e. The highest BCUT2D eigenvalue weighted by Crippen LogP contribution is 2.19. The molecular formula is C30H39N9O6. The largest absolute Gasteiger partial charge is 0.459 e. The number of amides is 2. The highest BCUT2D eigenvalue weighted by atomic mass is 16.5. The van der Waals surface area contributed by atoms with Crippen LogP contribution in [0.2, 0.25) is 0 Å². The van der Waals surface area contributed by atoms with Crippen molar-refractivity contribution in [3.8, 4) is 0 Å². The molecule has 15 nitrogen and oxygen atoms in total. The average molecular weight is 622 g/mol. The van der Waals surface area contributed by atoms with Crippen LogP contribution in [0.15, 0.2) is 79.9 Å². The van der Waals surface area contributed by atoms with Gasteiger partial charge in [-0.1, -0.05) is 48.5 Å². The number of para-hydroxylation sites is 1. The van der Waals surface area contributed by atoms with Crippen molar-refractivity contribution in [2.45, 2.75) is 50.4 Å². The van der Waals surface area contributed by atoms with Gasteiger partial charge in [-0.2, -0.15) is 0 Å². The zero-order chi connectivity index (χ0) is 32.8. The average Bonchev–Trinajstić information content (AvgIpc) is 3.02. The van der Waals surface area contributed by atoms with E-state index in [1.165, 1.54) is 6.07 Å². The quantitative estimate of drug-likeness (QED) is 0.0356. The first-order valence-electron chi connectivity index (χ1n) is 14.3. The molecule has 2 aromatic carbocycles. The second-order valence-corrected chi connectivity index (χ2v) is 10.1. The molecule has 0 aliphatic heterocycles. The van der Waals surface area contributed by atoms with Crippen molar-refractivity contribution < 1.29 is 23.5 Å². The summed E-state index contributed by atoms with van der Waals surface area (Å²) in [6.07, 6.45) is 1.02. The van der Waals surface area contributed by atoms with Crippen LogP contribution >= 0.6 is 0 Å². The molecule has 0 aliphatic carbocycles. The second kappa shape index (κ2) is 17.0. The molecule has 45 heavy (non-hydrogen) atoms. The SMILES string of the molecule is NC(N)=NCCC[C@H](NC(=O)[C@@H](N)CCCN=C(N)N)C(=O)NC(C(=O)OCc1ccccc1)c1cc2ccccc2oc1=O. The number of nitrogens with zero attached hydrogens (tertiary/aromatic N) is 2. The minimum absolute atomic E-state index is 0.0766. The maximum absolute atomic E-state index is 13.7. The number of carbonyl (C=O) groups excluding carboxylic acids is 3. The zero-order valence-corrected chi connectivity index (χ0v) is 24.7. The van der Waals surface area contributed by atoms with Gasteiger partial charge in [-0.25, -0.2) is 9.59 Å². The van der Waals surface area contributed by atoms with E-state index in [9.17, 15) is 19.2 Å². The van der Waals surface area contributed by atoms with Gasteiger partial charge < -0.3 is 48.5 Å². The number of nitrogens with two attached hydrogens (primary N) is 5. The van der Waals surface area contributed by atoms with Crippen molar-refractivity contribution >= 4 is 40.7 Å². The predicted molar refractivity (Wildman–Crippen MR) is 169 cm³/mol. The minimum atomic E-state index is -1.56. The zero-order valence-electron chi connectivity index (χ0n) is 24.7. The van der Waals surface area contributed by atoms with Crippen LogP contribution in [0.1, 0.15) is 42.9 Å². The topological polar surface area (TPSA) is 270 Å². The van der Waals surface area contributed by atoms with Crippen LogP contribution < -0.4 is 44.9 Å². The second-order valence-electron chi connectivity index (χ2n) is 10.1. The Morgan fingerprint density at radius 2 is 1.44 bits per heavy atom. The summed E-state index contributed by atoms with van der Waals surface area (Å²) in [6, 6.07) is 13.3. The summed E-state index contributed by atoms with van der Waals surface area (Å²) in [7, 11) is 0. The number of fused-ring (bicyclic) bond motifs is 1. The summed E-state index contributed by atoms with van der Waals surface area (Å²) in [6.45, 7) is 0.328. The summed E-state index contributed by atoms with van der Waals surface area (Å²) < 4.78 is 10.9. The molecule has 1 heterocycles. The van der Waals surface area contributed by atoms with Crippen molar-refractivity contribution in [1.82, 2.24) is 10.6 Å². The molecule has 3 rings (SSSR count). The third-order valence-electron chi connectivity index (χ3n) is 6.61. The van der Waals surface area contributed by atoms with Gasteiger partial charge in [-0.15, -0.1) is 0 Å². The first-order chi connectivity index (χ1) is 21.5. The van der Waals surface area contributed by atoms with Crippen LogP contribution in [0, 0.1) is 0 Å². The van der Waals surface area contributed by atoms with Gasteiger partial charge in [-0.3, -0.25) is 19.6 Å². The number of ether oxygens (including phenoxy) is 1. The molecule has 15 heteroatoms. The number of rotatable bonds is 16. The Hall–Kier alpha value is -5.44. The number of guanidine groups is 2. The molecule has 2 amide bonds. The molecule has 12 N–H and O–H groups in total. The van der Waals surface area contributed by atoms with Gasteiger partial charge in [0.25, 0.3) is 0 Å². The molecule has 0 fully saturated rings. The molecule has 0 radical (unpaired) electrons. The van der Waals surface area contributed by atoms with Gasteiger partial charge in [0.15, 0.2) is 18.0 Å². The van der Waals surface area contributed by atoms with E-state index < -0.39 is 41.5 Å². The number of hydrogen-bond donors (Lipinski definition) is 7. The number of benzene rings is 2. The normalized spacial score (nSPS) is 12.7. The Kier molecular flexibility index (Phi) is 12.9. The number of aliphatic imine (C=N–C) groups is 2. The predicted octanol–water partition coefficient (Wildman–Crippen LogP) is -0.387. The van der Waals surface area contributed by atoms with Crippen molar-refractivity contribution in [3.63, 3.8) is 0 Å². The Morgan fingerprint density at radius 3 is 2.11 bits per heavy atom. The van der Waals surface area contributed by atoms with E-state index >= 15 is 0 Å². The number of carbonyl (C=O) groups is 3. The van der Waals surface area contributed by atoms with E-state index in [0.717, 1.165) is 0 Å². The molecule has 0 bridgehead atoms. The summed E-state index contributed by atoms with van der Waals surface area (Å²) in [5.41, 5.74) is 27.5. The van der Waals surface area contributed by atoms with Crippen molar-refractivity contribution in [3.05, 3.63) is 82.2 Å². The van der Waals surface area contributed by atoms with Crippen LogP contribution in [0.25, 0.3) is 11.0 Å². The number of esters is 1. The summed E-state index contributed by atoms with van der Waals surface area (Å²) >= 11 is 0. The Labute approximate surface area is 259 Å².